The van der Waals surface area contributed by atoms with Crippen molar-refractivity contribution in [1.82, 2.24) is 9.97 Å². The number of nitrogens with one attached hydrogen (secondary N) is 2. The molecule has 2 aromatic rings. The van der Waals surface area contributed by atoms with Crippen molar-refractivity contribution in [2.24, 2.45) is 5.84 Å². The molecule has 1 aromatic heterocycles. The summed E-state index contributed by atoms with van der Waals surface area (Å²) in [5.74, 6) is 4.19. The molecule has 0 fully saturated rings. The Kier molecular flexibility index (Phi) is 3.71. The Morgan fingerprint density at radius 1 is 1.16 bits per heavy atom. The maximum atomic E-state index is 13.5. The van der Waals surface area contributed by atoms with E-state index in [1.54, 1.807) is 0 Å². The average molecular weight is 267 g/mol. The van der Waals surface area contributed by atoms with Gasteiger partial charge in [0.05, 0.1) is 7.11 Å². The van der Waals surface area contributed by atoms with Crippen molar-refractivity contribution < 1.29 is 13.5 Å². The van der Waals surface area contributed by atoms with Gasteiger partial charge in [-0.15, -0.1) is 0 Å². The lowest BCUT2D eigenvalue weighted by molar-refractivity contribution is 0.415. The largest absolute Gasteiger partial charge is 0.490 e. The summed E-state index contributed by atoms with van der Waals surface area (Å²) in [7, 11) is 1.36. The lowest BCUT2D eigenvalue weighted by Crippen LogP contribution is -2.12. The number of nitrogen functional groups attached to an aromatic ring is 1. The van der Waals surface area contributed by atoms with Crippen molar-refractivity contribution in [2.75, 3.05) is 17.9 Å². The van der Waals surface area contributed by atoms with E-state index in [4.69, 9.17) is 10.6 Å². The smallest absolute Gasteiger partial charge is 0.205 e. The first-order valence-electron chi connectivity index (χ1n) is 5.24. The zero-order valence-corrected chi connectivity index (χ0v) is 9.95. The highest BCUT2D eigenvalue weighted by Gasteiger charge is 2.15. The summed E-state index contributed by atoms with van der Waals surface area (Å²) in [6.07, 6.45) is 1.18. The molecule has 100 valence electrons. The molecule has 0 aliphatic rings. The van der Waals surface area contributed by atoms with E-state index in [0.29, 0.717) is 0 Å². The van der Waals surface area contributed by atoms with Gasteiger partial charge in [0.2, 0.25) is 5.75 Å². The minimum atomic E-state index is -0.747. The number of halogens is 2. The number of ether oxygens (including phenoxy) is 1. The number of nitrogens with zero attached hydrogens (tertiary/aromatic N) is 2. The van der Waals surface area contributed by atoms with Crippen molar-refractivity contribution in [2.45, 2.75) is 0 Å². The van der Waals surface area contributed by atoms with E-state index < -0.39 is 11.6 Å². The van der Waals surface area contributed by atoms with Crippen LogP contribution in [0.2, 0.25) is 0 Å². The van der Waals surface area contributed by atoms with Gasteiger partial charge in [0.15, 0.2) is 11.6 Å². The van der Waals surface area contributed by atoms with Crippen LogP contribution in [-0.4, -0.2) is 17.1 Å². The monoisotopic (exact) mass is 267 g/mol. The molecule has 0 saturated heterocycles. The molecule has 4 N–H and O–H groups in total. The van der Waals surface area contributed by atoms with E-state index in [2.05, 4.69) is 20.7 Å². The molecule has 6 nitrogen and oxygen atoms in total. The SMILES string of the molecule is COc1c(NN)ncnc1Nc1c(F)cccc1F. The Morgan fingerprint density at radius 3 is 2.37 bits per heavy atom. The predicted molar refractivity (Wildman–Crippen MR) is 66.0 cm³/mol. The van der Waals surface area contributed by atoms with Gasteiger partial charge in [-0.3, -0.25) is 0 Å². The molecule has 0 amide bonds. The zero-order valence-electron chi connectivity index (χ0n) is 9.95. The summed E-state index contributed by atoms with van der Waals surface area (Å²) in [5.41, 5.74) is 1.97. The molecule has 0 radical (unpaired) electrons. The van der Waals surface area contributed by atoms with Crippen LogP contribution in [0.5, 0.6) is 5.75 Å². The molecule has 19 heavy (non-hydrogen) atoms. The van der Waals surface area contributed by atoms with Crippen molar-refractivity contribution in [1.29, 1.82) is 0 Å². The molecule has 0 spiro atoms. The number of anilines is 3. The molecule has 0 unspecified atom stereocenters. The topological polar surface area (TPSA) is 85.1 Å². The molecule has 0 bridgehead atoms. The number of nitrogens with two attached hydrogens (primary N) is 1. The summed E-state index contributed by atoms with van der Waals surface area (Å²) in [6, 6.07) is 3.52. The molecular formula is C11H11F2N5O. The molecule has 0 atom stereocenters. The van der Waals surface area contributed by atoms with E-state index in [0.717, 1.165) is 12.1 Å². The van der Waals surface area contributed by atoms with Crippen LogP contribution < -0.4 is 21.3 Å². The maximum Gasteiger partial charge on any atom is 0.205 e. The minimum Gasteiger partial charge on any atom is -0.490 e. The number of hydrazine groups is 1. The van der Waals surface area contributed by atoms with Crippen LogP contribution in [0, 0.1) is 11.6 Å². The van der Waals surface area contributed by atoms with Crippen LogP contribution in [0.25, 0.3) is 0 Å². The Bertz CT molecular complexity index is 573. The van der Waals surface area contributed by atoms with Crippen molar-refractivity contribution in [3.05, 3.63) is 36.2 Å². The molecular weight excluding hydrogens is 256 g/mol. The second kappa shape index (κ2) is 5.44. The third-order valence-electron chi connectivity index (χ3n) is 2.35. The maximum absolute atomic E-state index is 13.5. The van der Waals surface area contributed by atoms with Crippen LogP contribution in [0.4, 0.5) is 26.1 Å². The van der Waals surface area contributed by atoms with E-state index in [1.165, 1.54) is 19.5 Å². The van der Waals surface area contributed by atoms with Crippen molar-refractivity contribution in [3.8, 4) is 5.75 Å². The summed E-state index contributed by atoms with van der Waals surface area (Å²) < 4.78 is 32.1. The van der Waals surface area contributed by atoms with E-state index in [-0.39, 0.29) is 23.1 Å². The summed E-state index contributed by atoms with van der Waals surface area (Å²) in [5, 5.41) is 2.51. The van der Waals surface area contributed by atoms with Crippen LogP contribution in [0.15, 0.2) is 24.5 Å². The summed E-state index contributed by atoms with van der Waals surface area (Å²) in [4.78, 5) is 7.67. The lowest BCUT2D eigenvalue weighted by atomic mass is 10.3. The van der Waals surface area contributed by atoms with Crippen LogP contribution in [0.3, 0.4) is 0 Å². The number of hydrogen-bond donors (Lipinski definition) is 3. The van der Waals surface area contributed by atoms with E-state index in [9.17, 15) is 8.78 Å². The molecule has 8 heteroatoms. The van der Waals surface area contributed by atoms with Crippen LogP contribution in [0.1, 0.15) is 0 Å². The fourth-order valence-electron chi connectivity index (χ4n) is 1.49. The van der Waals surface area contributed by atoms with E-state index >= 15 is 0 Å². The molecule has 0 saturated carbocycles. The number of methoxy groups -OCH3 is 1. The summed E-state index contributed by atoms with van der Waals surface area (Å²) >= 11 is 0. The first-order chi connectivity index (χ1) is 9.17. The van der Waals surface area contributed by atoms with Crippen LogP contribution in [-0.2, 0) is 0 Å². The van der Waals surface area contributed by atoms with Gasteiger partial charge in [0.25, 0.3) is 0 Å². The van der Waals surface area contributed by atoms with Gasteiger partial charge in [0.1, 0.15) is 23.6 Å². The molecule has 0 aliphatic heterocycles. The Morgan fingerprint density at radius 2 is 1.79 bits per heavy atom. The highest BCUT2D eigenvalue weighted by atomic mass is 19.1. The fraction of sp³-hybridized carbons (Fsp3) is 0.0909. The summed E-state index contributed by atoms with van der Waals surface area (Å²) in [6.45, 7) is 0. The molecule has 0 aliphatic carbocycles. The number of para-hydroxylation sites is 1. The Balaban J connectivity index is 2.44. The molecule has 1 heterocycles. The third kappa shape index (κ3) is 2.52. The van der Waals surface area contributed by atoms with Gasteiger partial charge >= 0.3 is 0 Å². The average Bonchev–Trinajstić information content (AvgIpc) is 2.42. The molecule has 1 aromatic carbocycles. The second-order valence-corrected chi connectivity index (χ2v) is 3.47. The molecule has 2 rings (SSSR count). The number of hydrogen-bond acceptors (Lipinski definition) is 6. The van der Waals surface area contributed by atoms with Crippen molar-refractivity contribution in [3.63, 3.8) is 0 Å². The van der Waals surface area contributed by atoms with Gasteiger partial charge in [-0.2, -0.15) is 0 Å². The highest BCUT2D eigenvalue weighted by Crippen LogP contribution is 2.32. The van der Waals surface area contributed by atoms with E-state index in [1.807, 2.05) is 0 Å². The van der Waals surface area contributed by atoms with Gasteiger partial charge in [-0.05, 0) is 12.1 Å². The zero-order chi connectivity index (χ0) is 13.8. The fourth-order valence-corrected chi connectivity index (χ4v) is 1.49. The van der Waals surface area contributed by atoms with Gasteiger partial charge in [0, 0.05) is 0 Å². The third-order valence-corrected chi connectivity index (χ3v) is 2.35. The van der Waals surface area contributed by atoms with Crippen LogP contribution >= 0.6 is 0 Å². The Labute approximate surface area is 107 Å². The second-order valence-electron chi connectivity index (χ2n) is 3.47. The number of benzene rings is 1. The normalized spacial score (nSPS) is 10.1. The van der Waals surface area contributed by atoms with Gasteiger partial charge < -0.3 is 15.5 Å². The van der Waals surface area contributed by atoms with Gasteiger partial charge in [-0.25, -0.2) is 24.6 Å². The van der Waals surface area contributed by atoms with Crippen molar-refractivity contribution >= 4 is 17.3 Å². The quantitative estimate of drug-likeness (QED) is 0.578. The highest BCUT2D eigenvalue weighted by molar-refractivity contribution is 5.69. The minimum absolute atomic E-state index is 0.0921. The first-order valence-corrected chi connectivity index (χ1v) is 5.24. The predicted octanol–water partition coefficient (Wildman–Crippen LogP) is 1.79. The first kappa shape index (κ1) is 13.0. The number of rotatable bonds is 4. The Hall–Kier alpha value is -2.48. The lowest BCUT2D eigenvalue weighted by Gasteiger charge is -2.13. The standard InChI is InChI=1S/C11H11F2N5O/c1-19-9-10(15-5-16-11(9)18-14)17-8-6(12)3-2-4-7(8)13/h2-5H,14H2,1H3,(H2,15,16,17,18). The number of aromatic nitrogens is 2. The van der Waals surface area contributed by atoms with Gasteiger partial charge in [-0.1, -0.05) is 6.07 Å².